The molecule has 3 aromatic rings. The van der Waals surface area contributed by atoms with E-state index in [-0.39, 0.29) is 24.2 Å². The van der Waals surface area contributed by atoms with Gasteiger partial charge in [0.2, 0.25) is 12.6 Å². The monoisotopic (exact) mass is 382 g/mol. The van der Waals surface area contributed by atoms with Crippen molar-refractivity contribution in [1.29, 1.82) is 0 Å². The molecule has 28 heavy (non-hydrogen) atoms. The van der Waals surface area contributed by atoms with Crippen LogP contribution in [0.5, 0.6) is 11.5 Å². The summed E-state index contributed by atoms with van der Waals surface area (Å²) in [4.78, 5) is 29.5. The Morgan fingerprint density at radius 1 is 1.18 bits per heavy atom. The zero-order chi connectivity index (χ0) is 19.5. The van der Waals surface area contributed by atoms with Gasteiger partial charge in [-0.3, -0.25) is 14.0 Å². The molecule has 0 atom stereocenters. The number of hydrogen-bond acceptors (Lipinski definition) is 6. The van der Waals surface area contributed by atoms with Gasteiger partial charge in [-0.15, -0.1) is 0 Å². The lowest BCUT2D eigenvalue weighted by molar-refractivity contribution is 0.0926. The van der Waals surface area contributed by atoms with Gasteiger partial charge in [-0.2, -0.15) is 0 Å². The number of nitrogens with one attached hydrogen (secondary N) is 2. The summed E-state index contributed by atoms with van der Waals surface area (Å²) in [5.41, 5.74) is 1.21. The molecule has 0 saturated carbocycles. The van der Waals surface area contributed by atoms with Crippen molar-refractivity contribution < 1.29 is 23.8 Å². The zero-order valence-corrected chi connectivity index (χ0v) is 15.1. The molecule has 0 radical (unpaired) electrons. The van der Waals surface area contributed by atoms with Gasteiger partial charge < -0.3 is 24.8 Å². The van der Waals surface area contributed by atoms with Crippen LogP contribution in [0.3, 0.4) is 0 Å². The van der Waals surface area contributed by atoms with Gasteiger partial charge in [-0.25, -0.2) is 4.98 Å². The average Bonchev–Trinajstić information content (AvgIpc) is 3.32. The first-order valence-electron chi connectivity index (χ1n) is 8.62. The number of pyridine rings is 1. The van der Waals surface area contributed by atoms with E-state index in [1.807, 2.05) is 0 Å². The fourth-order valence-electron chi connectivity index (χ4n) is 2.88. The lowest BCUT2D eigenvalue weighted by Gasteiger charge is -2.05. The fraction of sp³-hybridized carbons (Fsp3) is 0.211. The standard InChI is InChI=1S/C19H18N4O5/c1-26-9-7-20-19(25)17-22-16(13-4-2-3-8-23(13)17)18(24)21-12-5-6-14-15(10-12)28-11-27-14/h2-6,8,10H,7,9,11H2,1H3,(H,20,25)(H,21,24). The van der Waals surface area contributed by atoms with Gasteiger partial charge in [0.05, 0.1) is 12.1 Å². The number of methoxy groups -OCH3 is 1. The van der Waals surface area contributed by atoms with Crippen molar-refractivity contribution >= 4 is 23.0 Å². The number of nitrogens with zero attached hydrogens (tertiary/aromatic N) is 2. The highest BCUT2D eigenvalue weighted by molar-refractivity contribution is 6.09. The van der Waals surface area contributed by atoms with E-state index in [9.17, 15) is 9.59 Å². The minimum Gasteiger partial charge on any atom is -0.454 e. The third kappa shape index (κ3) is 3.35. The molecule has 2 N–H and O–H groups in total. The summed E-state index contributed by atoms with van der Waals surface area (Å²) in [7, 11) is 1.55. The molecule has 2 aromatic heterocycles. The van der Waals surface area contributed by atoms with Crippen LogP contribution in [0.15, 0.2) is 42.6 Å². The SMILES string of the molecule is COCCNC(=O)c1nc(C(=O)Nc2ccc3c(c2)OCO3)c2ccccn12. The summed E-state index contributed by atoms with van der Waals surface area (Å²) in [6.07, 6.45) is 1.69. The molecule has 0 fully saturated rings. The summed E-state index contributed by atoms with van der Waals surface area (Å²) >= 11 is 0. The molecule has 0 aliphatic carbocycles. The Bertz CT molecular complexity index is 1050. The molecule has 0 saturated heterocycles. The van der Waals surface area contributed by atoms with Crippen LogP contribution in [0.1, 0.15) is 21.1 Å². The zero-order valence-electron chi connectivity index (χ0n) is 15.1. The fourth-order valence-corrected chi connectivity index (χ4v) is 2.88. The minimum atomic E-state index is -0.432. The van der Waals surface area contributed by atoms with Gasteiger partial charge in [-0.1, -0.05) is 6.07 Å². The van der Waals surface area contributed by atoms with E-state index >= 15 is 0 Å². The van der Waals surface area contributed by atoms with Crippen LogP contribution in [-0.4, -0.2) is 48.3 Å². The smallest absolute Gasteiger partial charge is 0.287 e. The lowest BCUT2D eigenvalue weighted by Crippen LogP contribution is -2.28. The highest BCUT2D eigenvalue weighted by atomic mass is 16.7. The number of rotatable bonds is 6. The van der Waals surface area contributed by atoms with E-state index < -0.39 is 5.91 Å². The number of imidazole rings is 1. The number of carbonyl (C=O) groups is 2. The summed E-state index contributed by atoms with van der Waals surface area (Å²) in [6, 6.07) is 10.4. The highest BCUT2D eigenvalue weighted by Gasteiger charge is 2.22. The van der Waals surface area contributed by atoms with Crippen LogP contribution >= 0.6 is 0 Å². The molecule has 9 nitrogen and oxygen atoms in total. The Kier molecular flexibility index (Phi) is 4.81. The second-order valence-electron chi connectivity index (χ2n) is 6.01. The Balaban J connectivity index is 1.61. The van der Waals surface area contributed by atoms with Crippen molar-refractivity contribution in [2.75, 3.05) is 32.4 Å². The van der Waals surface area contributed by atoms with E-state index in [1.54, 1.807) is 54.1 Å². The van der Waals surface area contributed by atoms with Crippen molar-refractivity contribution in [2.45, 2.75) is 0 Å². The number of anilines is 1. The largest absolute Gasteiger partial charge is 0.454 e. The predicted octanol–water partition coefficient (Wildman–Crippen LogP) is 1.69. The lowest BCUT2D eigenvalue weighted by atomic mass is 10.2. The molecule has 2 amide bonds. The number of carbonyl (C=O) groups excluding carboxylic acids is 2. The summed E-state index contributed by atoms with van der Waals surface area (Å²) in [5, 5.41) is 5.50. The van der Waals surface area contributed by atoms with Crippen molar-refractivity contribution in [2.24, 2.45) is 0 Å². The molecule has 144 valence electrons. The summed E-state index contributed by atoms with van der Waals surface area (Å²) in [5.74, 6) is 0.493. The number of hydrogen-bond donors (Lipinski definition) is 2. The highest BCUT2D eigenvalue weighted by Crippen LogP contribution is 2.34. The Labute approximate surface area is 160 Å². The van der Waals surface area contributed by atoms with E-state index in [4.69, 9.17) is 14.2 Å². The topological polar surface area (TPSA) is 103 Å². The van der Waals surface area contributed by atoms with Gasteiger partial charge in [0, 0.05) is 31.6 Å². The van der Waals surface area contributed by atoms with Gasteiger partial charge in [-0.05, 0) is 24.3 Å². The Morgan fingerprint density at radius 2 is 2.04 bits per heavy atom. The average molecular weight is 382 g/mol. The maximum atomic E-state index is 12.8. The molecule has 0 bridgehead atoms. The molecule has 1 aliphatic rings. The molecule has 9 heteroatoms. The molecule has 0 unspecified atom stereocenters. The number of aromatic nitrogens is 2. The number of benzene rings is 1. The maximum absolute atomic E-state index is 12.8. The molecule has 1 aromatic carbocycles. The molecular weight excluding hydrogens is 364 g/mol. The van der Waals surface area contributed by atoms with E-state index in [0.29, 0.717) is 35.9 Å². The minimum absolute atomic E-state index is 0.127. The van der Waals surface area contributed by atoms with Crippen LogP contribution in [0.25, 0.3) is 5.52 Å². The summed E-state index contributed by atoms with van der Waals surface area (Å²) in [6.45, 7) is 0.877. The Morgan fingerprint density at radius 3 is 2.89 bits per heavy atom. The number of fused-ring (bicyclic) bond motifs is 2. The van der Waals surface area contributed by atoms with Crippen LogP contribution in [-0.2, 0) is 4.74 Å². The second-order valence-corrected chi connectivity index (χ2v) is 6.01. The second kappa shape index (κ2) is 7.57. The van der Waals surface area contributed by atoms with Crippen molar-refractivity contribution in [3.8, 4) is 11.5 Å². The predicted molar refractivity (Wildman–Crippen MR) is 99.9 cm³/mol. The van der Waals surface area contributed by atoms with E-state index in [0.717, 1.165) is 0 Å². The number of ether oxygens (including phenoxy) is 3. The third-order valence-electron chi connectivity index (χ3n) is 4.19. The first-order chi connectivity index (χ1) is 13.7. The first kappa shape index (κ1) is 17.8. The number of amides is 2. The van der Waals surface area contributed by atoms with E-state index in [1.165, 1.54) is 0 Å². The van der Waals surface area contributed by atoms with Gasteiger partial charge in [0.25, 0.3) is 11.8 Å². The van der Waals surface area contributed by atoms with E-state index in [2.05, 4.69) is 15.6 Å². The first-order valence-corrected chi connectivity index (χ1v) is 8.62. The van der Waals surface area contributed by atoms with Gasteiger partial charge in [0.15, 0.2) is 17.2 Å². The molecule has 1 aliphatic heterocycles. The molecular formula is C19H18N4O5. The molecule has 0 spiro atoms. The van der Waals surface area contributed by atoms with Crippen LogP contribution in [0, 0.1) is 0 Å². The van der Waals surface area contributed by atoms with Crippen molar-refractivity contribution in [3.05, 3.63) is 54.1 Å². The normalized spacial score (nSPS) is 12.2. The van der Waals surface area contributed by atoms with Gasteiger partial charge >= 0.3 is 0 Å². The maximum Gasteiger partial charge on any atom is 0.287 e. The van der Waals surface area contributed by atoms with Crippen molar-refractivity contribution in [3.63, 3.8) is 0 Å². The third-order valence-corrected chi connectivity index (χ3v) is 4.19. The quantitative estimate of drug-likeness (QED) is 0.629. The van der Waals surface area contributed by atoms with Crippen LogP contribution in [0.4, 0.5) is 5.69 Å². The van der Waals surface area contributed by atoms with Crippen LogP contribution < -0.4 is 20.1 Å². The van der Waals surface area contributed by atoms with Gasteiger partial charge in [0.1, 0.15) is 0 Å². The Hall–Kier alpha value is -3.59. The molecule has 4 rings (SSSR count). The van der Waals surface area contributed by atoms with Crippen LogP contribution in [0.2, 0.25) is 0 Å². The molecule has 3 heterocycles. The van der Waals surface area contributed by atoms with Crippen molar-refractivity contribution in [1.82, 2.24) is 14.7 Å². The summed E-state index contributed by atoms with van der Waals surface area (Å²) < 4.78 is 17.1.